The molecule has 0 saturated heterocycles. The fraction of sp³-hybridized carbons (Fsp3) is 0.154. The highest BCUT2D eigenvalue weighted by Gasteiger charge is 2.40. The fourth-order valence-electron chi connectivity index (χ4n) is 3.55. The van der Waals surface area contributed by atoms with Gasteiger partial charge in [-0.15, -0.1) is 0 Å². The van der Waals surface area contributed by atoms with Crippen LogP contribution in [0.4, 0.5) is 15.8 Å². The number of carbonyl (C=O) groups is 2. The number of nitrogens with one attached hydrogen (secondary N) is 1. The van der Waals surface area contributed by atoms with Crippen molar-refractivity contribution in [2.45, 2.75) is 13.3 Å². The molecule has 0 saturated carbocycles. The van der Waals surface area contributed by atoms with E-state index in [0.717, 1.165) is 17.4 Å². The minimum Gasteiger partial charge on any atom is -0.497 e. The average molecular weight is 446 g/mol. The first-order chi connectivity index (χ1) is 16.0. The van der Waals surface area contributed by atoms with Gasteiger partial charge >= 0.3 is 0 Å². The summed E-state index contributed by atoms with van der Waals surface area (Å²) in [6, 6.07) is 19.4. The molecule has 4 rings (SSSR count). The molecule has 3 aromatic carbocycles. The maximum atomic E-state index is 13.9. The smallest absolute Gasteiger partial charge is 0.282 e. The number of carbonyl (C=O) groups excluding carboxylic acids is 2. The van der Waals surface area contributed by atoms with Gasteiger partial charge < -0.3 is 14.8 Å². The normalized spacial score (nSPS) is 13.5. The minimum absolute atomic E-state index is 0.0991. The lowest BCUT2D eigenvalue weighted by molar-refractivity contribution is -0.120. The van der Waals surface area contributed by atoms with Crippen LogP contribution in [0, 0.1) is 5.82 Å². The standard InChI is InChI=1S/C26H23FN2O4/c1-3-14-33-22-9-5-7-19(16-22)28-24-23(17-10-12-21(32-2)13-11-17)25(30)29(26(24)31)20-8-4-6-18(27)15-20/h4-13,15-16,28H,3,14H2,1-2H3. The van der Waals surface area contributed by atoms with Gasteiger partial charge in [-0.25, -0.2) is 9.29 Å². The summed E-state index contributed by atoms with van der Waals surface area (Å²) in [5.41, 5.74) is 1.57. The molecule has 0 radical (unpaired) electrons. The number of ether oxygens (including phenoxy) is 2. The summed E-state index contributed by atoms with van der Waals surface area (Å²) in [7, 11) is 1.55. The molecule has 1 N–H and O–H groups in total. The first-order valence-corrected chi connectivity index (χ1v) is 10.5. The van der Waals surface area contributed by atoms with Gasteiger partial charge in [0.1, 0.15) is 23.0 Å². The second-order valence-corrected chi connectivity index (χ2v) is 7.41. The highest BCUT2D eigenvalue weighted by atomic mass is 19.1. The van der Waals surface area contributed by atoms with Gasteiger partial charge in [-0.2, -0.15) is 0 Å². The van der Waals surface area contributed by atoms with Crippen LogP contribution in [-0.4, -0.2) is 25.5 Å². The Labute approximate surface area is 191 Å². The molecule has 3 aromatic rings. The van der Waals surface area contributed by atoms with Crippen molar-refractivity contribution in [3.63, 3.8) is 0 Å². The zero-order chi connectivity index (χ0) is 23.4. The molecule has 0 aromatic heterocycles. The minimum atomic E-state index is -0.573. The van der Waals surface area contributed by atoms with Gasteiger partial charge in [-0.1, -0.05) is 31.2 Å². The number of rotatable bonds is 8. The molecule has 0 unspecified atom stereocenters. The fourth-order valence-corrected chi connectivity index (χ4v) is 3.55. The highest BCUT2D eigenvalue weighted by molar-refractivity contribution is 6.46. The van der Waals surface area contributed by atoms with E-state index in [1.54, 1.807) is 49.6 Å². The second kappa shape index (κ2) is 9.56. The van der Waals surface area contributed by atoms with E-state index >= 15 is 0 Å². The van der Waals surface area contributed by atoms with E-state index in [0.29, 0.717) is 29.4 Å². The molecule has 1 aliphatic heterocycles. The summed E-state index contributed by atoms with van der Waals surface area (Å²) in [5, 5.41) is 3.09. The molecule has 7 heteroatoms. The zero-order valence-corrected chi connectivity index (χ0v) is 18.3. The molecule has 0 atom stereocenters. The largest absolute Gasteiger partial charge is 0.497 e. The number of nitrogens with zero attached hydrogens (tertiary/aromatic N) is 1. The summed E-state index contributed by atoms with van der Waals surface area (Å²) in [5.74, 6) is -0.394. The van der Waals surface area contributed by atoms with Crippen LogP contribution in [0.2, 0.25) is 0 Å². The SMILES string of the molecule is CCCOc1cccc(NC2=C(c3ccc(OC)cc3)C(=O)N(c3cccc(F)c3)C2=O)c1. The third-order valence-corrected chi connectivity index (χ3v) is 5.11. The van der Waals surface area contributed by atoms with Crippen molar-refractivity contribution in [1.29, 1.82) is 0 Å². The Morgan fingerprint density at radius 1 is 0.909 bits per heavy atom. The average Bonchev–Trinajstić information content (AvgIpc) is 3.07. The van der Waals surface area contributed by atoms with Crippen molar-refractivity contribution in [2.75, 3.05) is 23.9 Å². The lowest BCUT2D eigenvalue weighted by Crippen LogP contribution is -2.32. The zero-order valence-electron chi connectivity index (χ0n) is 18.3. The Bertz CT molecular complexity index is 1220. The van der Waals surface area contributed by atoms with Crippen molar-refractivity contribution < 1.29 is 23.5 Å². The highest BCUT2D eigenvalue weighted by Crippen LogP contribution is 2.35. The predicted octanol–water partition coefficient (Wildman–Crippen LogP) is 5.02. The van der Waals surface area contributed by atoms with Gasteiger partial charge in [-0.3, -0.25) is 9.59 Å². The van der Waals surface area contributed by atoms with Crippen molar-refractivity contribution in [2.24, 2.45) is 0 Å². The van der Waals surface area contributed by atoms with Gasteiger partial charge in [0.15, 0.2) is 0 Å². The summed E-state index contributed by atoms with van der Waals surface area (Å²) in [6.07, 6.45) is 0.861. The molecule has 0 fully saturated rings. The maximum Gasteiger partial charge on any atom is 0.282 e. The molecular weight excluding hydrogens is 423 g/mol. The third kappa shape index (κ3) is 4.57. The maximum absolute atomic E-state index is 13.9. The summed E-state index contributed by atoms with van der Waals surface area (Å²) in [6.45, 7) is 2.58. The van der Waals surface area contributed by atoms with Gasteiger partial charge in [0.25, 0.3) is 11.8 Å². The van der Waals surface area contributed by atoms with E-state index in [1.165, 1.54) is 18.2 Å². The van der Waals surface area contributed by atoms with E-state index in [-0.39, 0.29) is 17.0 Å². The van der Waals surface area contributed by atoms with Crippen LogP contribution >= 0.6 is 0 Å². The molecular formula is C26H23FN2O4. The number of hydrogen-bond acceptors (Lipinski definition) is 5. The van der Waals surface area contributed by atoms with Gasteiger partial charge in [-0.05, 0) is 54.4 Å². The number of benzene rings is 3. The van der Waals surface area contributed by atoms with E-state index < -0.39 is 17.6 Å². The van der Waals surface area contributed by atoms with E-state index in [2.05, 4.69) is 5.32 Å². The summed E-state index contributed by atoms with van der Waals surface area (Å²) in [4.78, 5) is 27.8. The Kier molecular flexibility index (Phi) is 6.40. The van der Waals surface area contributed by atoms with Gasteiger partial charge in [0.2, 0.25) is 0 Å². The van der Waals surface area contributed by atoms with E-state index in [1.807, 2.05) is 13.0 Å². The lowest BCUT2D eigenvalue weighted by Gasteiger charge is -2.15. The molecule has 2 amide bonds. The Morgan fingerprint density at radius 3 is 2.36 bits per heavy atom. The topological polar surface area (TPSA) is 67.9 Å². The number of amides is 2. The molecule has 168 valence electrons. The number of anilines is 2. The number of methoxy groups -OCH3 is 1. The van der Waals surface area contributed by atoms with E-state index in [9.17, 15) is 14.0 Å². The monoisotopic (exact) mass is 446 g/mol. The lowest BCUT2D eigenvalue weighted by atomic mass is 10.0. The van der Waals surface area contributed by atoms with Gasteiger partial charge in [0.05, 0.1) is 25.0 Å². The van der Waals surface area contributed by atoms with E-state index in [4.69, 9.17) is 9.47 Å². The van der Waals surface area contributed by atoms with Crippen LogP contribution < -0.4 is 19.7 Å². The molecule has 33 heavy (non-hydrogen) atoms. The van der Waals surface area contributed by atoms with Crippen LogP contribution in [0.15, 0.2) is 78.5 Å². The molecule has 0 aliphatic carbocycles. The Morgan fingerprint density at radius 2 is 1.67 bits per heavy atom. The number of hydrogen-bond donors (Lipinski definition) is 1. The summed E-state index contributed by atoms with van der Waals surface area (Å²) < 4.78 is 24.7. The molecule has 1 aliphatic rings. The molecule has 1 heterocycles. The van der Waals surface area contributed by atoms with Crippen molar-refractivity contribution in [3.05, 3.63) is 89.9 Å². The van der Waals surface area contributed by atoms with Gasteiger partial charge in [0, 0.05) is 11.8 Å². The summed E-state index contributed by atoms with van der Waals surface area (Å²) >= 11 is 0. The van der Waals surface area contributed by atoms with Crippen LogP contribution in [-0.2, 0) is 9.59 Å². The second-order valence-electron chi connectivity index (χ2n) is 7.41. The predicted molar refractivity (Wildman–Crippen MR) is 125 cm³/mol. The Hall–Kier alpha value is -4.13. The first-order valence-electron chi connectivity index (χ1n) is 10.5. The van der Waals surface area contributed by atoms with Crippen LogP contribution in [0.3, 0.4) is 0 Å². The third-order valence-electron chi connectivity index (χ3n) is 5.11. The van der Waals surface area contributed by atoms with Crippen molar-refractivity contribution >= 4 is 28.8 Å². The first kappa shape index (κ1) is 22.1. The number of halogens is 1. The number of imide groups is 1. The molecule has 6 nitrogen and oxygen atoms in total. The molecule has 0 spiro atoms. The van der Waals surface area contributed by atoms with Crippen molar-refractivity contribution in [3.8, 4) is 11.5 Å². The Balaban J connectivity index is 1.76. The van der Waals surface area contributed by atoms with Crippen LogP contribution in [0.5, 0.6) is 11.5 Å². The van der Waals surface area contributed by atoms with Crippen LogP contribution in [0.1, 0.15) is 18.9 Å². The van der Waals surface area contributed by atoms with Crippen molar-refractivity contribution in [1.82, 2.24) is 0 Å². The van der Waals surface area contributed by atoms with Crippen LogP contribution in [0.25, 0.3) is 5.57 Å². The molecule has 0 bridgehead atoms. The quantitative estimate of drug-likeness (QED) is 0.492.